The van der Waals surface area contributed by atoms with E-state index in [1.165, 1.54) is 34.9 Å². The number of pyridine rings is 1. The van der Waals surface area contributed by atoms with Crippen molar-refractivity contribution in [2.45, 2.75) is 46.0 Å². The van der Waals surface area contributed by atoms with Gasteiger partial charge in [-0.1, -0.05) is 32.9 Å². The van der Waals surface area contributed by atoms with E-state index in [0.29, 0.717) is 30.3 Å². The molecule has 0 radical (unpaired) electrons. The van der Waals surface area contributed by atoms with Crippen LogP contribution in [0.4, 0.5) is 5.69 Å². The number of benzene rings is 1. The van der Waals surface area contributed by atoms with Crippen molar-refractivity contribution in [3.63, 3.8) is 0 Å². The van der Waals surface area contributed by atoms with Crippen LogP contribution in [-0.2, 0) is 9.59 Å². The number of likely N-dealkylation sites (tertiary alicyclic amines) is 2. The van der Waals surface area contributed by atoms with Crippen LogP contribution in [0.2, 0.25) is 0 Å². The molecule has 2 saturated heterocycles. The molecule has 2 unspecified atom stereocenters. The summed E-state index contributed by atoms with van der Waals surface area (Å²) >= 11 is 1.88. The molecule has 5 heterocycles. The number of H-pyrrole nitrogens is 1. The first-order chi connectivity index (χ1) is 19.1. The molecule has 2 amide bonds. The van der Waals surface area contributed by atoms with Crippen molar-refractivity contribution in [3.8, 4) is 0 Å². The minimum atomic E-state index is -0.727. The Labute approximate surface area is 236 Å². The highest BCUT2D eigenvalue weighted by atomic mass is 32.1. The van der Waals surface area contributed by atoms with Crippen molar-refractivity contribution >= 4 is 50.2 Å². The van der Waals surface area contributed by atoms with E-state index in [4.69, 9.17) is 9.51 Å². The van der Waals surface area contributed by atoms with Crippen LogP contribution < -0.4 is 10.9 Å². The zero-order valence-electron chi connectivity index (χ0n) is 23.4. The van der Waals surface area contributed by atoms with Gasteiger partial charge in [-0.25, -0.2) is 9.97 Å². The van der Waals surface area contributed by atoms with Crippen molar-refractivity contribution < 1.29 is 14.1 Å². The molecule has 10 nitrogen and oxygen atoms in total. The summed E-state index contributed by atoms with van der Waals surface area (Å²) in [5, 5.41) is 6.18. The fourth-order valence-electron chi connectivity index (χ4n) is 5.74. The number of para-hydroxylation sites is 1. The molecule has 2 fully saturated rings. The monoisotopic (exact) mass is 564 g/mol. The topological polar surface area (TPSA) is 124 Å². The number of anilines is 1. The second-order valence-corrected chi connectivity index (χ2v) is 12.7. The Hall–Kier alpha value is -3.57. The van der Waals surface area contributed by atoms with Gasteiger partial charge in [0.05, 0.1) is 27.1 Å². The summed E-state index contributed by atoms with van der Waals surface area (Å²) in [6, 6.07) is 9.90. The number of nitrogens with zero attached hydrogens (tertiary/aromatic N) is 4. The van der Waals surface area contributed by atoms with Gasteiger partial charge < -0.3 is 19.6 Å². The number of carbonyl (C=O) groups excluding carboxylic acids is 2. The van der Waals surface area contributed by atoms with Crippen LogP contribution in [0.25, 0.3) is 21.3 Å². The molecule has 40 heavy (non-hydrogen) atoms. The van der Waals surface area contributed by atoms with E-state index < -0.39 is 17.4 Å². The molecule has 11 heteroatoms. The number of aromatic nitrogens is 3. The summed E-state index contributed by atoms with van der Waals surface area (Å²) in [5.41, 5.74) is 1.48. The summed E-state index contributed by atoms with van der Waals surface area (Å²) in [7, 11) is 2.22. The van der Waals surface area contributed by atoms with E-state index >= 15 is 0 Å². The first kappa shape index (κ1) is 28.0. The second kappa shape index (κ2) is 11.5. The maximum Gasteiger partial charge on any atom is 0.313 e. The van der Waals surface area contributed by atoms with E-state index in [0.717, 1.165) is 24.9 Å². The molecule has 2 N–H and O–H groups in total. The standard InChI is InChI=1S/C15H20N2S.C14H16N4O4/c1-15(2)10-17(3)9-8-11(15)14-16-12-6-4-5-7-13(12)18-14;1-8-3-2-4-18(7-8)14(21)12(20)16-9-5-10-11(19)17-22-13(10)15-6-9/h4-7,11H,8-10H2,1-3H3;5-6,8H,2-4,7H2,1H3,(H,16,20)(H,17,19). The van der Waals surface area contributed by atoms with E-state index in [-0.39, 0.29) is 16.8 Å². The number of aromatic amines is 1. The summed E-state index contributed by atoms with van der Waals surface area (Å²) in [4.78, 5) is 48.4. The largest absolute Gasteiger partial charge is 0.358 e. The van der Waals surface area contributed by atoms with Crippen molar-refractivity contribution in [1.29, 1.82) is 0 Å². The minimum Gasteiger partial charge on any atom is -0.358 e. The zero-order valence-corrected chi connectivity index (χ0v) is 24.2. The van der Waals surface area contributed by atoms with Gasteiger partial charge in [-0.15, -0.1) is 11.3 Å². The molecule has 0 bridgehead atoms. The average Bonchev–Trinajstić information content (AvgIpc) is 3.51. The number of thiazole rings is 1. The third kappa shape index (κ3) is 6.10. The third-order valence-electron chi connectivity index (χ3n) is 7.76. The molecule has 1 aromatic carbocycles. The van der Waals surface area contributed by atoms with Gasteiger partial charge in [0.1, 0.15) is 5.39 Å². The van der Waals surface area contributed by atoms with E-state index in [9.17, 15) is 14.4 Å². The van der Waals surface area contributed by atoms with Gasteiger partial charge in [-0.2, -0.15) is 5.16 Å². The molecular weight excluding hydrogens is 528 g/mol. The Morgan fingerprint density at radius 1 is 1.20 bits per heavy atom. The number of hydrogen-bond acceptors (Lipinski definition) is 8. The quantitative estimate of drug-likeness (QED) is 0.345. The molecule has 212 valence electrons. The molecule has 2 atom stereocenters. The molecular formula is C29H36N6O4S. The van der Waals surface area contributed by atoms with Gasteiger partial charge in [0.2, 0.25) is 0 Å². The summed E-state index contributed by atoms with van der Waals surface area (Å²) < 4.78 is 6.15. The van der Waals surface area contributed by atoms with Crippen LogP contribution in [-0.4, -0.2) is 70.0 Å². The Balaban J connectivity index is 0.000000164. The van der Waals surface area contributed by atoms with Gasteiger partial charge in [0.15, 0.2) is 0 Å². The second-order valence-electron chi connectivity index (χ2n) is 11.7. The van der Waals surface area contributed by atoms with E-state index in [1.807, 2.05) is 11.3 Å². The molecule has 2 aliphatic heterocycles. The highest BCUT2D eigenvalue weighted by molar-refractivity contribution is 7.18. The number of rotatable bonds is 2. The maximum absolute atomic E-state index is 12.1. The molecule has 0 aliphatic carbocycles. The fraction of sp³-hybridized carbons (Fsp3) is 0.483. The lowest BCUT2D eigenvalue weighted by Gasteiger charge is -2.42. The highest BCUT2D eigenvalue weighted by Gasteiger charge is 2.37. The van der Waals surface area contributed by atoms with E-state index in [1.54, 1.807) is 4.90 Å². The first-order valence-corrected chi connectivity index (χ1v) is 14.5. The summed E-state index contributed by atoms with van der Waals surface area (Å²) in [5.74, 6) is -0.290. The SMILES string of the molecule is CC1CCCN(C(=O)C(=O)Nc2cnc3o[nH]c(=O)c3c2)C1.CN1CCC(c2nc3ccccc3s2)C(C)(C)C1. The predicted molar refractivity (Wildman–Crippen MR) is 156 cm³/mol. The van der Waals surface area contributed by atoms with Gasteiger partial charge in [0, 0.05) is 25.6 Å². The van der Waals surface area contributed by atoms with Crippen LogP contribution in [0, 0.1) is 11.3 Å². The molecule has 0 saturated carbocycles. The molecule has 0 spiro atoms. The minimum absolute atomic E-state index is 0.152. The van der Waals surface area contributed by atoms with Crippen LogP contribution in [0.15, 0.2) is 45.8 Å². The van der Waals surface area contributed by atoms with Gasteiger partial charge in [-0.3, -0.25) is 14.4 Å². The Morgan fingerprint density at radius 3 is 2.75 bits per heavy atom. The predicted octanol–water partition coefficient (Wildman–Crippen LogP) is 4.45. The van der Waals surface area contributed by atoms with Gasteiger partial charge >= 0.3 is 11.8 Å². The van der Waals surface area contributed by atoms with E-state index in [2.05, 4.69) is 72.4 Å². The Morgan fingerprint density at radius 2 is 2.00 bits per heavy atom. The van der Waals surface area contributed by atoms with Crippen LogP contribution in [0.3, 0.4) is 0 Å². The van der Waals surface area contributed by atoms with Crippen molar-refractivity contribution in [3.05, 3.63) is 51.9 Å². The van der Waals surface area contributed by atoms with Gasteiger partial charge in [0.25, 0.3) is 11.3 Å². The number of amides is 2. The third-order valence-corrected chi connectivity index (χ3v) is 8.91. The molecule has 4 aromatic rings. The molecule has 6 rings (SSSR count). The van der Waals surface area contributed by atoms with Crippen molar-refractivity contribution in [2.24, 2.45) is 11.3 Å². The number of carbonyl (C=O) groups is 2. The fourth-order valence-corrected chi connectivity index (χ4v) is 7.05. The number of piperidine rings is 2. The Kier molecular flexibility index (Phi) is 8.04. The lowest BCUT2D eigenvalue weighted by molar-refractivity contribution is -0.144. The lowest BCUT2D eigenvalue weighted by Crippen LogP contribution is -2.44. The van der Waals surface area contributed by atoms with Crippen molar-refractivity contribution in [2.75, 3.05) is 38.5 Å². The number of hydrogen-bond donors (Lipinski definition) is 2. The highest BCUT2D eigenvalue weighted by Crippen LogP contribution is 2.44. The van der Waals surface area contributed by atoms with Crippen molar-refractivity contribution in [1.82, 2.24) is 24.9 Å². The average molecular weight is 565 g/mol. The maximum atomic E-state index is 12.1. The number of nitrogens with one attached hydrogen (secondary N) is 2. The van der Waals surface area contributed by atoms with Crippen LogP contribution in [0.1, 0.15) is 51.0 Å². The zero-order chi connectivity index (χ0) is 28.4. The smallest absolute Gasteiger partial charge is 0.313 e. The molecule has 3 aromatic heterocycles. The number of fused-ring (bicyclic) bond motifs is 2. The summed E-state index contributed by atoms with van der Waals surface area (Å²) in [6.07, 6.45) is 4.53. The van der Waals surface area contributed by atoms with Crippen LogP contribution in [0.5, 0.6) is 0 Å². The first-order valence-electron chi connectivity index (χ1n) is 13.7. The summed E-state index contributed by atoms with van der Waals surface area (Å²) in [6.45, 7) is 10.3. The normalized spacial score (nSPS) is 21.1. The molecule has 2 aliphatic rings. The lowest BCUT2D eigenvalue weighted by atomic mass is 9.74. The Bertz CT molecular complexity index is 1540. The van der Waals surface area contributed by atoms with Gasteiger partial charge in [-0.05, 0) is 62.4 Å². The van der Waals surface area contributed by atoms with Crippen LogP contribution >= 0.6 is 11.3 Å².